The second-order valence-electron chi connectivity index (χ2n) is 8.07. The van der Waals surface area contributed by atoms with E-state index >= 15 is 0 Å². The van der Waals surface area contributed by atoms with E-state index in [0.717, 1.165) is 43.7 Å². The molecule has 0 saturated carbocycles. The van der Waals surface area contributed by atoms with Crippen molar-refractivity contribution in [2.75, 3.05) is 18.5 Å². The Morgan fingerprint density at radius 3 is 2.76 bits per heavy atom. The highest BCUT2D eigenvalue weighted by Crippen LogP contribution is 2.26. The Labute approximate surface area is 194 Å². The summed E-state index contributed by atoms with van der Waals surface area (Å²) in [7, 11) is 0. The van der Waals surface area contributed by atoms with Crippen molar-refractivity contribution < 1.29 is 14.3 Å². The van der Waals surface area contributed by atoms with Gasteiger partial charge in [-0.2, -0.15) is 0 Å². The van der Waals surface area contributed by atoms with Gasteiger partial charge < -0.3 is 19.7 Å². The van der Waals surface area contributed by atoms with Crippen LogP contribution in [0.3, 0.4) is 0 Å². The number of rotatable bonds is 9. The number of anilines is 1. The summed E-state index contributed by atoms with van der Waals surface area (Å²) in [4.78, 5) is 15.0. The van der Waals surface area contributed by atoms with Crippen molar-refractivity contribution in [3.8, 4) is 11.5 Å². The summed E-state index contributed by atoms with van der Waals surface area (Å²) >= 11 is 0. The van der Waals surface area contributed by atoms with Crippen LogP contribution >= 0.6 is 0 Å². The van der Waals surface area contributed by atoms with Gasteiger partial charge in [0.25, 0.3) is 0 Å². The van der Waals surface area contributed by atoms with E-state index in [1.165, 1.54) is 0 Å². The number of hydrogen-bond acceptors (Lipinski definition) is 5. The molecule has 2 aromatic carbocycles. The van der Waals surface area contributed by atoms with E-state index in [2.05, 4.69) is 15.6 Å². The zero-order valence-electron chi connectivity index (χ0n) is 19.0. The molecular formula is C25H31N5O3. The topological polar surface area (TPSA) is 81.5 Å². The van der Waals surface area contributed by atoms with Gasteiger partial charge in [0.05, 0.1) is 18.5 Å². The molecule has 1 saturated heterocycles. The van der Waals surface area contributed by atoms with Gasteiger partial charge in [-0.05, 0) is 56.9 Å². The second kappa shape index (κ2) is 11.4. The molecule has 1 aliphatic heterocycles. The predicted molar refractivity (Wildman–Crippen MR) is 126 cm³/mol. The summed E-state index contributed by atoms with van der Waals surface area (Å²) in [5.74, 6) is 1.50. The van der Waals surface area contributed by atoms with Crippen LogP contribution in [0.15, 0.2) is 60.8 Å². The van der Waals surface area contributed by atoms with Crippen LogP contribution in [-0.2, 0) is 13.2 Å². The van der Waals surface area contributed by atoms with Crippen LogP contribution in [0.5, 0.6) is 11.5 Å². The molecule has 4 rings (SSSR count). The summed E-state index contributed by atoms with van der Waals surface area (Å²) in [5, 5.41) is 11.5. The molecule has 0 bridgehead atoms. The molecule has 2 amide bonds. The number of urea groups is 1. The quantitative estimate of drug-likeness (QED) is 0.511. The van der Waals surface area contributed by atoms with E-state index in [0.29, 0.717) is 31.2 Å². The average molecular weight is 450 g/mol. The van der Waals surface area contributed by atoms with Crippen LogP contribution in [0.2, 0.25) is 0 Å². The molecule has 2 heterocycles. The van der Waals surface area contributed by atoms with E-state index in [4.69, 9.17) is 9.47 Å². The van der Waals surface area contributed by atoms with Crippen LogP contribution in [-0.4, -0.2) is 45.1 Å². The van der Waals surface area contributed by atoms with Gasteiger partial charge in [-0.1, -0.05) is 35.5 Å². The van der Waals surface area contributed by atoms with Gasteiger partial charge in [0.15, 0.2) is 0 Å². The third-order valence-corrected chi connectivity index (χ3v) is 5.72. The first-order valence-corrected chi connectivity index (χ1v) is 11.6. The van der Waals surface area contributed by atoms with Crippen molar-refractivity contribution in [1.29, 1.82) is 0 Å². The minimum Gasteiger partial charge on any atom is -0.492 e. The van der Waals surface area contributed by atoms with Crippen molar-refractivity contribution in [2.24, 2.45) is 0 Å². The molecule has 1 N–H and O–H groups in total. The van der Waals surface area contributed by atoms with Gasteiger partial charge in [-0.15, -0.1) is 5.10 Å². The van der Waals surface area contributed by atoms with E-state index in [1.807, 2.05) is 77.3 Å². The van der Waals surface area contributed by atoms with Crippen molar-refractivity contribution in [3.05, 3.63) is 66.5 Å². The van der Waals surface area contributed by atoms with E-state index in [9.17, 15) is 4.79 Å². The van der Waals surface area contributed by atoms with Gasteiger partial charge in [-0.3, -0.25) is 4.68 Å². The van der Waals surface area contributed by atoms with Gasteiger partial charge in [0.1, 0.15) is 23.8 Å². The van der Waals surface area contributed by atoms with E-state index < -0.39 is 0 Å². The summed E-state index contributed by atoms with van der Waals surface area (Å²) < 4.78 is 13.2. The molecule has 1 aliphatic rings. The highest BCUT2D eigenvalue weighted by Gasteiger charge is 2.27. The molecule has 1 aromatic heterocycles. The van der Waals surface area contributed by atoms with E-state index in [-0.39, 0.29) is 12.1 Å². The highest BCUT2D eigenvalue weighted by atomic mass is 16.5. The lowest BCUT2D eigenvalue weighted by Gasteiger charge is -2.36. The van der Waals surface area contributed by atoms with Crippen molar-refractivity contribution in [1.82, 2.24) is 19.9 Å². The Morgan fingerprint density at radius 1 is 1.09 bits per heavy atom. The lowest BCUT2D eigenvalue weighted by atomic mass is 10.00. The number of aryl methyl sites for hydroxylation is 1. The zero-order chi connectivity index (χ0) is 22.9. The fraction of sp³-hybridized carbons (Fsp3) is 0.400. The number of aromatic nitrogens is 3. The smallest absolute Gasteiger partial charge is 0.322 e. The number of piperidine rings is 1. The summed E-state index contributed by atoms with van der Waals surface area (Å²) in [6.07, 6.45) is 5.86. The molecule has 33 heavy (non-hydrogen) atoms. The fourth-order valence-electron chi connectivity index (χ4n) is 4.08. The summed E-state index contributed by atoms with van der Waals surface area (Å²) in [6, 6.07) is 17.3. The summed E-state index contributed by atoms with van der Waals surface area (Å²) in [6.45, 7) is 4.31. The molecule has 174 valence electrons. The SMILES string of the molecule is CCOc1ccccc1NC(=O)N1CCCCC1CCn1cc(COc2ccccc2)nn1. The number of benzene rings is 2. The fourth-order valence-corrected chi connectivity index (χ4v) is 4.08. The highest BCUT2D eigenvalue weighted by molar-refractivity contribution is 5.91. The Hall–Kier alpha value is -3.55. The number of nitrogens with zero attached hydrogens (tertiary/aromatic N) is 4. The van der Waals surface area contributed by atoms with Gasteiger partial charge in [0.2, 0.25) is 0 Å². The first-order chi connectivity index (χ1) is 16.2. The number of carbonyl (C=O) groups is 1. The third kappa shape index (κ3) is 6.25. The maximum Gasteiger partial charge on any atom is 0.322 e. The first kappa shape index (κ1) is 22.6. The predicted octanol–water partition coefficient (Wildman–Crippen LogP) is 4.73. The van der Waals surface area contributed by atoms with Crippen LogP contribution < -0.4 is 14.8 Å². The maximum atomic E-state index is 13.1. The summed E-state index contributed by atoms with van der Waals surface area (Å²) in [5.41, 5.74) is 1.48. The molecule has 0 aliphatic carbocycles. The molecule has 0 radical (unpaired) electrons. The number of amides is 2. The standard InChI is InChI=1S/C25H31N5O3/c1-2-32-24-14-7-6-13-23(24)26-25(31)30-16-9-8-10-21(30)15-17-29-18-20(27-28-29)19-33-22-11-4-3-5-12-22/h3-7,11-14,18,21H,2,8-10,15-17,19H2,1H3,(H,26,31). The number of carbonyl (C=O) groups excluding carboxylic acids is 1. The Kier molecular flexibility index (Phi) is 7.79. The molecule has 1 fully saturated rings. The lowest BCUT2D eigenvalue weighted by Crippen LogP contribution is -2.46. The number of likely N-dealkylation sites (tertiary alicyclic amines) is 1. The second-order valence-corrected chi connectivity index (χ2v) is 8.07. The van der Waals surface area contributed by atoms with Crippen LogP contribution in [0.25, 0.3) is 0 Å². The molecule has 1 unspecified atom stereocenters. The molecule has 3 aromatic rings. The van der Waals surface area contributed by atoms with Gasteiger partial charge in [-0.25, -0.2) is 4.79 Å². The van der Waals surface area contributed by atoms with Crippen LogP contribution in [0, 0.1) is 0 Å². The van der Waals surface area contributed by atoms with Crippen LogP contribution in [0.1, 0.15) is 38.3 Å². The Bertz CT molecular complexity index is 1020. The lowest BCUT2D eigenvalue weighted by molar-refractivity contribution is 0.154. The normalized spacial score (nSPS) is 15.8. The van der Waals surface area contributed by atoms with Crippen LogP contribution in [0.4, 0.5) is 10.5 Å². The van der Waals surface area contributed by atoms with Crippen molar-refractivity contribution in [2.45, 2.75) is 51.8 Å². The molecule has 0 spiro atoms. The average Bonchev–Trinajstić information content (AvgIpc) is 3.31. The number of ether oxygens (including phenoxy) is 2. The third-order valence-electron chi connectivity index (χ3n) is 5.72. The monoisotopic (exact) mass is 449 g/mol. The Morgan fingerprint density at radius 2 is 1.91 bits per heavy atom. The largest absolute Gasteiger partial charge is 0.492 e. The number of nitrogens with one attached hydrogen (secondary N) is 1. The Balaban J connectivity index is 1.32. The maximum absolute atomic E-state index is 13.1. The minimum atomic E-state index is -0.0811. The zero-order valence-corrected chi connectivity index (χ0v) is 19.0. The number of para-hydroxylation sites is 3. The molecule has 8 nitrogen and oxygen atoms in total. The van der Waals surface area contributed by atoms with Gasteiger partial charge >= 0.3 is 6.03 Å². The number of hydrogen-bond donors (Lipinski definition) is 1. The van der Waals surface area contributed by atoms with E-state index in [1.54, 1.807) is 0 Å². The molecule has 1 atom stereocenters. The van der Waals surface area contributed by atoms with Crippen molar-refractivity contribution >= 4 is 11.7 Å². The first-order valence-electron chi connectivity index (χ1n) is 11.6. The minimum absolute atomic E-state index is 0.0811. The molecular weight excluding hydrogens is 418 g/mol. The molecule has 8 heteroatoms. The van der Waals surface area contributed by atoms with Crippen molar-refractivity contribution in [3.63, 3.8) is 0 Å². The van der Waals surface area contributed by atoms with Gasteiger partial charge in [0, 0.05) is 19.1 Å².